The molecule has 3 heterocycles. The van der Waals surface area contributed by atoms with Crippen LogP contribution in [0.3, 0.4) is 0 Å². The van der Waals surface area contributed by atoms with Gasteiger partial charge < -0.3 is 19.5 Å². The van der Waals surface area contributed by atoms with E-state index in [9.17, 15) is 9.90 Å². The Kier molecular flexibility index (Phi) is 8.62. The number of halogens is 1. The van der Waals surface area contributed by atoms with Gasteiger partial charge in [-0.3, -0.25) is 14.6 Å². The summed E-state index contributed by atoms with van der Waals surface area (Å²) >= 11 is 6.11. The maximum absolute atomic E-state index is 12.5. The number of ether oxygens (including phenoxy) is 2. The molecule has 0 radical (unpaired) electrons. The minimum atomic E-state index is -0.479. The monoisotopic (exact) mass is 551 g/mol. The molecule has 10 heteroatoms. The summed E-state index contributed by atoms with van der Waals surface area (Å²) in [6.45, 7) is 3.39. The summed E-state index contributed by atoms with van der Waals surface area (Å²) < 4.78 is 11.1. The molecule has 2 aliphatic heterocycles. The quantitative estimate of drug-likeness (QED) is 0.427. The van der Waals surface area contributed by atoms with Gasteiger partial charge in [0.25, 0.3) is 0 Å². The number of nitrogens with zero attached hydrogens (tertiary/aromatic N) is 5. The Morgan fingerprint density at radius 2 is 1.54 bits per heavy atom. The molecule has 5 rings (SSSR count). The van der Waals surface area contributed by atoms with Crippen molar-refractivity contribution in [3.63, 3.8) is 0 Å². The maximum atomic E-state index is 12.5. The van der Waals surface area contributed by atoms with E-state index in [1.165, 1.54) is 11.1 Å². The SMILES string of the molecule is COc1nc(Cl)nc(OC)c1CN1C[C@@H]2CN(C(=O)CO)CCN2[C@H](C(c2ccccc2)c2ccccc2)C1. The van der Waals surface area contributed by atoms with Crippen molar-refractivity contribution in [1.29, 1.82) is 0 Å². The van der Waals surface area contributed by atoms with Gasteiger partial charge >= 0.3 is 0 Å². The average Bonchev–Trinajstić information content (AvgIpc) is 2.98. The van der Waals surface area contributed by atoms with Crippen LogP contribution in [0.5, 0.6) is 11.8 Å². The highest BCUT2D eigenvalue weighted by Gasteiger charge is 2.43. The predicted molar refractivity (Wildman–Crippen MR) is 148 cm³/mol. The smallest absolute Gasteiger partial charge is 0.248 e. The number of aliphatic hydroxyl groups is 1. The summed E-state index contributed by atoms with van der Waals surface area (Å²) in [6.07, 6.45) is 0. The molecule has 2 aromatic carbocycles. The number of carbonyl (C=O) groups is 1. The third-order valence-electron chi connectivity index (χ3n) is 7.73. The second kappa shape index (κ2) is 12.3. The molecule has 0 bridgehead atoms. The van der Waals surface area contributed by atoms with Gasteiger partial charge in [-0.1, -0.05) is 60.7 Å². The van der Waals surface area contributed by atoms with E-state index in [2.05, 4.69) is 68.3 Å². The van der Waals surface area contributed by atoms with E-state index < -0.39 is 6.61 Å². The predicted octanol–water partition coefficient (Wildman–Crippen LogP) is 2.67. The first-order valence-electron chi connectivity index (χ1n) is 13.1. The van der Waals surface area contributed by atoms with Gasteiger partial charge in [-0.15, -0.1) is 0 Å². The van der Waals surface area contributed by atoms with Crippen LogP contribution in [0.15, 0.2) is 60.7 Å². The van der Waals surface area contributed by atoms with Gasteiger partial charge in [0.1, 0.15) is 6.61 Å². The molecule has 3 aromatic rings. The van der Waals surface area contributed by atoms with Crippen molar-refractivity contribution in [2.45, 2.75) is 24.5 Å². The molecule has 1 amide bonds. The number of hydrogen-bond acceptors (Lipinski definition) is 8. The molecule has 2 saturated heterocycles. The number of aliphatic hydroxyl groups excluding tert-OH is 1. The van der Waals surface area contributed by atoms with Crippen LogP contribution >= 0.6 is 11.6 Å². The van der Waals surface area contributed by atoms with Crippen LogP contribution in [-0.4, -0.2) is 101 Å². The van der Waals surface area contributed by atoms with Crippen LogP contribution in [0.2, 0.25) is 5.28 Å². The highest BCUT2D eigenvalue weighted by molar-refractivity contribution is 6.28. The van der Waals surface area contributed by atoms with Crippen LogP contribution in [0, 0.1) is 0 Å². The number of rotatable bonds is 8. The molecule has 0 aliphatic carbocycles. The fraction of sp³-hybridized carbons (Fsp3) is 0.414. The number of benzene rings is 2. The van der Waals surface area contributed by atoms with E-state index in [4.69, 9.17) is 21.1 Å². The summed E-state index contributed by atoms with van der Waals surface area (Å²) in [5, 5.41) is 9.60. The average molecular weight is 552 g/mol. The molecule has 2 atom stereocenters. The Bertz CT molecular complexity index is 1200. The number of carbonyl (C=O) groups excluding carboxylic acids is 1. The van der Waals surface area contributed by atoms with Crippen LogP contribution in [-0.2, 0) is 11.3 Å². The van der Waals surface area contributed by atoms with E-state index >= 15 is 0 Å². The molecule has 1 N–H and O–H groups in total. The van der Waals surface area contributed by atoms with Gasteiger partial charge in [-0.05, 0) is 22.7 Å². The van der Waals surface area contributed by atoms with Gasteiger partial charge in [0, 0.05) is 57.3 Å². The van der Waals surface area contributed by atoms with Crippen molar-refractivity contribution < 1.29 is 19.4 Å². The Morgan fingerprint density at radius 3 is 2.08 bits per heavy atom. The van der Waals surface area contributed by atoms with Gasteiger partial charge in [0.15, 0.2) is 0 Å². The fourth-order valence-corrected chi connectivity index (χ4v) is 6.19. The minimum Gasteiger partial charge on any atom is -0.481 e. The summed E-state index contributed by atoms with van der Waals surface area (Å²) in [5.74, 6) is 0.645. The van der Waals surface area contributed by atoms with Gasteiger partial charge in [-0.25, -0.2) is 0 Å². The molecular weight excluding hydrogens is 518 g/mol. The number of fused-ring (bicyclic) bond motifs is 1. The van der Waals surface area contributed by atoms with Crippen molar-refractivity contribution in [2.75, 3.05) is 53.6 Å². The van der Waals surface area contributed by atoms with E-state index in [1.807, 2.05) is 12.1 Å². The number of piperazine rings is 2. The van der Waals surface area contributed by atoms with Crippen molar-refractivity contribution in [3.8, 4) is 11.8 Å². The minimum absolute atomic E-state index is 0.0637. The molecule has 2 fully saturated rings. The lowest BCUT2D eigenvalue weighted by Crippen LogP contribution is -2.67. The highest BCUT2D eigenvalue weighted by Crippen LogP contribution is 2.37. The second-order valence-electron chi connectivity index (χ2n) is 9.94. The summed E-state index contributed by atoms with van der Waals surface area (Å²) in [6, 6.07) is 21.4. The number of amides is 1. The lowest BCUT2D eigenvalue weighted by atomic mass is 9.81. The largest absolute Gasteiger partial charge is 0.481 e. The Morgan fingerprint density at radius 1 is 0.949 bits per heavy atom. The second-order valence-corrected chi connectivity index (χ2v) is 10.3. The van der Waals surface area contributed by atoms with Gasteiger partial charge in [-0.2, -0.15) is 9.97 Å². The molecular formula is C29H34ClN5O4. The zero-order valence-electron chi connectivity index (χ0n) is 22.2. The topological polar surface area (TPSA) is 91.3 Å². The first-order chi connectivity index (χ1) is 19.0. The van der Waals surface area contributed by atoms with Gasteiger partial charge in [0.05, 0.1) is 19.8 Å². The van der Waals surface area contributed by atoms with E-state index in [0.717, 1.165) is 25.2 Å². The summed E-state index contributed by atoms with van der Waals surface area (Å²) in [4.78, 5) is 27.7. The molecule has 9 nitrogen and oxygen atoms in total. The zero-order valence-corrected chi connectivity index (χ0v) is 23.0. The highest BCUT2D eigenvalue weighted by atomic mass is 35.5. The number of hydrogen-bond donors (Lipinski definition) is 1. The van der Waals surface area contributed by atoms with E-state index in [0.29, 0.717) is 31.4 Å². The van der Waals surface area contributed by atoms with Crippen molar-refractivity contribution >= 4 is 17.5 Å². The summed E-state index contributed by atoms with van der Waals surface area (Å²) in [7, 11) is 3.12. The van der Waals surface area contributed by atoms with Crippen molar-refractivity contribution in [1.82, 2.24) is 24.7 Å². The van der Waals surface area contributed by atoms with Gasteiger partial charge in [0.2, 0.25) is 23.0 Å². The lowest BCUT2D eigenvalue weighted by Gasteiger charge is -2.53. The number of aromatic nitrogens is 2. The zero-order chi connectivity index (χ0) is 27.4. The Hall–Kier alpha value is -3.24. The Balaban J connectivity index is 1.54. The van der Waals surface area contributed by atoms with E-state index in [1.54, 1.807) is 19.1 Å². The third kappa shape index (κ3) is 5.86. The summed E-state index contributed by atoms with van der Waals surface area (Å²) in [5.41, 5.74) is 3.22. The molecule has 1 aromatic heterocycles. The third-order valence-corrected chi connectivity index (χ3v) is 7.90. The molecule has 2 aliphatic rings. The Labute approximate surface area is 233 Å². The first-order valence-corrected chi connectivity index (χ1v) is 13.5. The molecule has 0 spiro atoms. The number of methoxy groups -OCH3 is 2. The van der Waals surface area contributed by atoms with Crippen molar-refractivity contribution in [2.24, 2.45) is 0 Å². The molecule has 206 valence electrons. The molecule has 0 unspecified atom stereocenters. The van der Waals surface area contributed by atoms with Crippen molar-refractivity contribution in [3.05, 3.63) is 82.6 Å². The normalized spacial score (nSPS) is 20.1. The van der Waals surface area contributed by atoms with Crippen LogP contribution in [0.4, 0.5) is 0 Å². The van der Waals surface area contributed by atoms with Crippen LogP contribution in [0.1, 0.15) is 22.6 Å². The standard InChI is InChI=1S/C29H34ClN5O4/c1-38-27-23(28(39-2)32-29(30)31-27)17-33-15-22-16-34(25(37)19-36)13-14-35(22)24(18-33)26(20-9-5-3-6-10-20)21-11-7-4-8-12-21/h3-12,22,24,26,36H,13-19H2,1-2H3/t22-,24+/m1/s1. The van der Waals surface area contributed by atoms with Crippen LogP contribution in [0.25, 0.3) is 0 Å². The maximum Gasteiger partial charge on any atom is 0.248 e. The lowest BCUT2D eigenvalue weighted by molar-refractivity contribution is -0.139. The van der Waals surface area contributed by atoms with E-state index in [-0.39, 0.29) is 29.2 Å². The van der Waals surface area contributed by atoms with Crippen LogP contribution < -0.4 is 9.47 Å². The first kappa shape index (κ1) is 27.3. The molecule has 39 heavy (non-hydrogen) atoms. The molecule has 0 saturated carbocycles. The fourth-order valence-electron chi connectivity index (χ4n) is 6.04.